The Labute approximate surface area is 118 Å². The van der Waals surface area contributed by atoms with Crippen molar-refractivity contribution in [3.8, 4) is 0 Å². The number of halogens is 1. The molecule has 100 valence electrons. The van der Waals surface area contributed by atoms with Crippen LogP contribution in [-0.4, -0.2) is 28.2 Å². The second-order valence-electron chi connectivity index (χ2n) is 6.39. The Balaban J connectivity index is 5.44. The fraction of sp³-hybridized carbons (Fsp3) is 0.750. The third-order valence-corrected chi connectivity index (χ3v) is 22.8. The van der Waals surface area contributed by atoms with E-state index in [0.29, 0.717) is 0 Å². The van der Waals surface area contributed by atoms with Crippen molar-refractivity contribution in [1.29, 1.82) is 0 Å². The molecule has 1 nitrogen and oxygen atoms in total. The number of methoxy groups -OCH3 is 1. The Morgan fingerprint density at radius 1 is 1.18 bits per heavy atom. The van der Waals surface area contributed by atoms with Gasteiger partial charge in [0.15, 0.2) is 5.50 Å². The van der Waals surface area contributed by atoms with Crippen molar-refractivity contribution >= 4 is 38.3 Å². The molecular weight excluding hydrogens is 327 g/mol. The van der Waals surface area contributed by atoms with E-state index in [1.54, 1.807) is 7.11 Å². The monoisotopic (exact) mass is 352 g/mol. The molecule has 0 fully saturated rings. The molecule has 0 aliphatic rings. The van der Waals surface area contributed by atoms with Gasteiger partial charge in [0, 0.05) is 6.62 Å². The number of hydrogen-bond acceptors (Lipinski definition) is 1. The maximum atomic E-state index is 5.52. The van der Waals surface area contributed by atoms with Crippen molar-refractivity contribution in [2.45, 2.75) is 51.1 Å². The third-order valence-electron chi connectivity index (χ3n) is 2.52. The lowest BCUT2D eigenvalue weighted by atomic mass is 10.7. The lowest BCUT2D eigenvalue weighted by Crippen LogP contribution is -2.52. The van der Waals surface area contributed by atoms with Gasteiger partial charge < -0.3 is 4.74 Å². The van der Waals surface area contributed by atoms with Gasteiger partial charge in [-0.05, 0) is 17.9 Å². The molecule has 0 saturated carbocycles. The van der Waals surface area contributed by atoms with Crippen LogP contribution in [0, 0.1) is 0 Å². The molecule has 0 spiro atoms. The maximum Gasteiger partial charge on any atom is 0.170 e. The highest BCUT2D eigenvalue weighted by molar-refractivity contribution is 9.40. The molecule has 0 saturated heterocycles. The molecule has 0 amide bonds. The van der Waals surface area contributed by atoms with Crippen LogP contribution >= 0.6 is 22.1 Å². The van der Waals surface area contributed by atoms with Gasteiger partial charge in [0.05, 0.1) is 23.3 Å². The zero-order valence-electron chi connectivity index (χ0n) is 12.4. The minimum absolute atomic E-state index is 0.401. The van der Waals surface area contributed by atoms with Gasteiger partial charge in [-0.15, -0.1) is 0 Å². The summed E-state index contributed by atoms with van der Waals surface area (Å²) >= 11 is 3.93. The molecule has 0 heterocycles. The Hall–Kier alpha value is 0.664. The fourth-order valence-electron chi connectivity index (χ4n) is 2.43. The van der Waals surface area contributed by atoms with E-state index in [4.69, 9.17) is 4.74 Å². The van der Waals surface area contributed by atoms with Crippen molar-refractivity contribution in [2.75, 3.05) is 7.11 Å². The van der Waals surface area contributed by atoms with Gasteiger partial charge >= 0.3 is 0 Å². The van der Waals surface area contributed by atoms with Crippen molar-refractivity contribution in [2.24, 2.45) is 0 Å². The van der Waals surface area contributed by atoms with E-state index in [9.17, 15) is 0 Å². The molecule has 0 rings (SSSR count). The first-order valence-electron chi connectivity index (χ1n) is 5.96. The van der Waals surface area contributed by atoms with Gasteiger partial charge in [-0.2, -0.15) is 0 Å². The molecule has 0 aliphatic carbocycles. The molecule has 5 heteroatoms. The van der Waals surface area contributed by atoms with E-state index in [1.807, 2.05) is 13.0 Å². The van der Waals surface area contributed by atoms with Gasteiger partial charge in [-0.25, -0.2) is 0 Å². The molecule has 0 aliphatic heterocycles. The van der Waals surface area contributed by atoms with Crippen molar-refractivity contribution in [3.63, 3.8) is 0 Å². The topological polar surface area (TPSA) is 9.23 Å². The fourth-order valence-corrected chi connectivity index (χ4v) is 31.4. The molecule has 17 heavy (non-hydrogen) atoms. The van der Waals surface area contributed by atoms with Crippen LogP contribution in [0.5, 0.6) is 0 Å². The highest BCUT2D eigenvalue weighted by Crippen LogP contribution is 2.61. The minimum Gasteiger partial charge on any atom is -0.488 e. The van der Waals surface area contributed by atoms with E-state index in [0.717, 1.165) is 10.4 Å². The SMILES string of the molecule is CC=C=C(OC)P(Br)C([Si](C)(C)C)[Si](C)(C)C. The number of rotatable bonds is 5. The number of hydrogen-bond donors (Lipinski definition) is 0. The predicted octanol–water partition coefficient (Wildman–Crippen LogP) is 5.56. The largest absolute Gasteiger partial charge is 0.488 e. The Morgan fingerprint density at radius 2 is 1.59 bits per heavy atom. The van der Waals surface area contributed by atoms with E-state index in [2.05, 4.69) is 60.5 Å². The van der Waals surface area contributed by atoms with Gasteiger partial charge in [-0.1, -0.05) is 60.5 Å². The summed E-state index contributed by atoms with van der Waals surface area (Å²) in [7, 11) is -0.651. The average Bonchev–Trinajstić information content (AvgIpc) is 2.08. The van der Waals surface area contributed by atoms with Crippen molar-refractivity contribution < 1.29 is 4.74 Å². The standard InChI is InChI=1S/C12H26BrOPSi2/c1-9-10-11(14-2)15(13)12(16(3,4)5)17(6,7)8/h9,12H,1-8H3. The zero-order valence-corrected chi connectivity index (χ0v) is 16.9. The lowest BCUT2D eigenvalue weighted by molar-refractivity contribution is 0.324. The summed E-state index contributed by atoms with van der Waals surface area (Å²) in [6.45, 7) is 16.4. The summed E-state index contributed by atoms with van der Waals surface area (Å²) in [4.78, 5) is 0.799. The number of ether oxygens (including phenoxy) is 1. The molecule has 1 unspecified atom stereocenters. The summed E-state index contributed by atoms with van der Waals surface area (Å²) in [6, 6.07) is 0. The normalized spacial score (nSPS) is 14.2. The first-order chi connectivity index (χ1) is 7.55. The van der Waals surface area contributed by atoms with Crippen LogP contribution in [0.4, 0.5) is 0 Å². The van der Waals surface area contributed by atoms with Gasteiger partial charge in [0.25, 0.3) is 0 Å². The van der Waals surface area contributed by atoms with E-state index >= 15 is 0 Å². The molecule has 0 radical (unpaired) electrons. The molecule has 1 atom stereocenters. The van der Waals surface area contributed by atoms with Crippen LogP contribution in [0.25, 0.3) is 0 Å². The molecule has 0 N–H and O–H groups in total. The quantitative estimate of drug-likeness (QED) is 0.272. The summed E-state index contributed by atoms with van der Waals surface area (Å²) < 4.78 is 5.52. The summed E-state index contributed by atoms with van der Waals surface area (Å²) in [6.07, 6.45) is 1.95. The predicted molar refractivity (Wildman–Crippen MR) is 90.6 cm³/mol. The first-order valence-corrected chi connectivity index (χ1v) is 16.5. The number of allylic oxidation sites excluding steroid dienone is 1. The maximum absolute atomic E-state index is 5.52. The van der Waals surface area contributed by atoms with Gasteiger partial charge in [0.2, 0.25) is 0 Å². The summed E-state index contributed by atoms with van der Waals surface area (Å²) in [5.41, 5.74) is 4.26. The molecule has 0 aromatic carbocycles. The van der Waals surface area contributed by atoms with Crippen LogP contribution in [0.15, 0.2) is 17.3 Å². The molecule has 0 aromatic heterocycles. The Bertz CT molecular complexity index is 297. The second-order valence-corrected chi connectivity index (χ2v) is 22.4. The van der Waals surface area contributed by atoms with Crippen molar-refractivity contribution in [1.82, 2.24) is 0 Å². The van der Waals surface area contributed by atoms with Gasteiger partial charge in [0.1, 0.15) is 0 Å². The first kappa shape index (κ1) is 17.7. The summed E-state index contributed by atoms with van der Waals surface area (Å²) in [5, 5.41) is 0. The van der Waals surface area contributed by atoms with Crippen LogP contribution in [0.2, 0.25) is 39.3 Å². The Kier molecular flexibility index (Phi) is 6.98. The average molecular weight is 353 g/mol. The molecular formula is C12H26BrOPSi2. The third kappa shape index (κ3) is 5.44. The molecule has 0 bridgehead atoms. The zero-order chi connectivity index (χ0) is 13.9. The highest BCUT2D eigenvalue weighted by atomic mass is 79.9. The Morgan fingerprint density at radius 3 is 1.82 bits per heavy atom. The summed E-state index contributed by atoms with van der Waals surface area (Å²) in [5.74, 6) is 0. The minimum atomic E-state index is -1.20. The van der Waals surface area contributed by atoms with Gasteiger partial charge in [-0.3, -0.25) is 0 Å². The lowest BCUT2D eigenvalue weighted by Gasteiger charge is -2.41. The van der Waals surface area contributed by atoms with Crippen molar-refractivity contribution in [3.05, 3.63) is 17.3 Å². The molecule has 0 aromatic rings. The second kappa shape index (κ2) is 6.72. The van der Waals surface area contributed by atoms with E-state index in [-0.39, 0.29) is 0 Å². The smallest absolute Gasteiger partial charge is 0.170 e. The van der Waals surface area contributed by atoms with Crippen LogP contribution in [-0.2, 0) is 4.74 Å². The van der Waals surface area contributed by atoms with E-state index < -0.39 is 22.8 Å². The van der Waals surface area contributed by atoms with Crippen LogP contribution in [0.3, 0.4) is 0 Å². The van der Waals surface area contributed by atoms with Crippen LogP contribution in [0.1, 0.15) is 6.92 Å². The highest BCUT2D eigenvalue weighted by Gasteiger charge is 2.43. The van der Waals surface area contributed by atoms with Crippen LogP contribution < -0.4 is 0 Å². The van der Waals surface area contributed by atoms with E-state index in [1.165, 1.54) is 0 Å².